The molecular formula is C16H15N5OS2. The summed E-state index contributed by atoms with van der Waals surface area (Å²) in [5, 5.41) is 6.85. The molecule has 1 N–H and O–H groups in total. The molecule has 0 unspecified atom stereocenters. The van der Waals surface area contributed by atoms with Gasteiger partial charge in [0.15, 0.2) is 4.96 Å². The monoisotopic (exact) mass is 357 g/mol. The van der Waals surface area contributed by atoms with E-state index in [9.17, 15) is 4.79 Å². The molecule has 0 radical (unpaired) electrons. The number of fused-ring (bicyclic) bond motifs is 1. The van der Waals surface area contributed by atoms with Crippen LogP contribution in [-0.2, 0) is 6.54 Å². The number of thiazole rings is 1. The van der Waals surface area contributed by atoms with Crippen LogP contribution >= 0.6 is 22.7 Å². The second-order valence-electron chi connectivity index (χ2n) is 5.29. The molecule has 4 heterocycles. The Kier molecular flexibility index (Phi) is 4.14. The highest BCUT2D eigenvalue weighted by Gasteiger charge is 2.15. The van der Waals surface area contributed by atoms with Gasteiger partial charge in [-0.25, -0.2) is 9.97 Å². The molecule has 1 amide bonds. The molecule has 4 aromatic rings. The quantitative estimate of drug-likeness (QED) is 0.539. The fourth-order valence-corrected chi connectivity index (χ4v) is 4.00. The van der Waals surface area contributed by atoms with Crippen molar-refractivity contribution in [1.82, 2.24) is 24.3 Å². The van der Waals surface area contributed by atoms with Gasteiger partial charge in [0.1, 0.15) is 11.4 Å². The van der Waals surface area contributed by atoms with Crippen LogP contribution in [0.2, 0.25) is 0 Å². The average molecular weight is 357 g/mol. The minimum Gasteiger partial charge on any atom is -0.351 e. The minimum atomic E-state index is -0.0676. The third-order valence-corrected chi connectivity index (χ3v) is 5.39. The van der Waals surface area contributed by atoms with E-state index in [1.54, 1.807) is 23.9 Å². The summed E-state index contributed by atoms with van der Waals surface area (Å²) in [4.78, 5) is 22.9. The number of nitrogens with zero attached hydrogens (tertiary/aromatic N) is 4. The average Bonchev–Trinajstić information content (AvgIpc) is 3.35. The standard InChI is InChI=1S/C16H15N5OS2/c22-15(18-4-2-6-20-7-5-17-11-20)13-10-24-16-19-12(9-21(13)16)14-3-1-8-23-14/h1,3,5,7-11H,2,4,6H2,(H,18,22). The van der Waals surface area contributed by atoms with Crippen LogP contribution in [0.1, 0.15) is 16.9 Å². The number of thiophene rings is 1. The topological polar surface area (TPSA) is 64.2 Å². The first-order valence-corrected chi connectivity index (χ1v) is 9.31. The summed E-state index contributed by atoms with van der Waals surface area (Å²) >= 11 is 3.13. The van der Waals surface area contributed by atoms with Crippen LogP contribution in [-0.4, -0.2) is 31.4 Å². The number of aryl methyl sites for hydroxylation is 1. The molecular weight excluding hydrogens is 342 g/mol. The molecule has 0 aliphatic heterocycles. The van der Waals surface area contributed by atoms with Gasteiger partial charge in [0.25, 0.3) is 5.91 Å². The lowest BCUT2D eigenvalue weighted by atomic mass is 10.3. The van der Waals surface area contributed by atoms with E-state index in [2.05, 4.69) is 15.3 Å². The number of carbonyl (C=O) groups excluding carboxylic acids is 1. The fraction of sp³-hybridized carbons (Fsp3) is 0.188. The molecule has 4 rings (SSSR count). The number of hydrogen-bond acceptors (Lipinski definition) is 5. The molecule has 24 heavy (non-hydrogen) atoms. The summed E-state index contributed by atoms with van der Waals surface area (Å²) in [7, 11) is 0. The number of nitrogens with one attached hydrogen (secondary N) is 1. The molecule has 0 aliphatic carbocycles. The minimum absolute atomic E-state index is 0.0676. The summed E-state index contributed by atoms with van der Waals surface area (Å²) in [6.07, 6.45) is 8.24. The lowest BCUT2D eigenvalue weighted by Gasteiger charge is -2.05. The van der Waals surface area contributed by atoms with E-state index < -0.39 is 0 Å². The zero-order valence-corrected chi connectivity index (χ0v) is 14.4. The first-order chi connectivity index (χ1) is 11.8. The van der Waals surface area contributed by atoms with Crippen molar-refractivity contribution in [2.75, 3.05) is 6.54 Å². The second-order valence-corrected chi connectivity index (χ2v) is 7.07. The van der Waals surface area contributed by atoms with Crippen LogP contribution in [0.4, 0.5) is 0 Å². The molecule has 6 nitrogen and oxygen atoms in total. The molecule has 0 bridgehead atoms. The van der Waals surface area contributed by atoms with Crippen molar-refractivity contribution >= 4 is 33.5 Å². The SMILES string of the molecule is O=C(NCCCn1ccnc1)c1csc2nc(-c3cccs3)cn12. The fourth-order valence-electron chi connectivity index (χ4n) is 2.46. The van der Waals surface area contributed by atoms with E-state index >= 15 is 0 Å². The third kappa shape index (κ3) is 2.98. The summed E-state index contributed by atoms with van der Waals surface area (Å²) < 4.78 is 3.86. The number of imidazole rings is 2. The van der Waals surface area contributed by atoms with Gasteiger partial charge in [-0.2, -0.15) is 0 Å². The van der Waals surface area contributed by atoms with Crippen LogP contribution in [0.3, 0.4) is 0 Å². The molecule has 8 heteroatoms. The van der Waals surface area contributed by atoms with E-state index in [0.29, 0.717) is 12.2 Å². The van der Waals surface area contributed by atoms with E-state index in [4.69, 9.17) is 0 Å². The van der Waals surface area contributed by atoms with Gasteiger partial charge in [0, 0.05) is 37.1 Å². The van der Waals surface area contributed by atoms with Crippen LogP contribution in [0.5, 0.6) is 0 Å². The van der Waals surface area contributed by atoms with Gasteiger partial charge in [-0.1, -0.05) is 6.07 Å². The molecule has 122 valence electrons. The summed E-state index contributed by atoms with van der Waals surface area (Å²) in [5.74, 6) is -0.0676. The maximum absolute atomic E-state index is 12.4. The van der Waals surface area contributed by atoms with Gasteiger partial charge in [-0.05, 0) is 17.9 Å². The molecule has 0 aliphatic rings. The smallest absolute Gasteiger partial charge is 0.269 e. The van der Waals surface area contributed by atoms with Gasteiger partial charge in [0.2, 0.25) is 0 Å². The Balaban J connectivity index is 1.42. The maximum Gasteiger partial charge on any atom is 0.269 e. The normalized spacial score (nSPS) is 11.2. The Labute approximate surface area is 146 Å². The van der Waals surface area contributed by atoms with Crippen LogP contribution in [0.15, 0.2) is 47.8 Å². The van der Waals surface area contributed by atoms with E-state index in [-0.39, 0.29) is 5.91 Å². The zero-order valence-electron chi connectivity index (χ0n) is 12.8. The Morgan fingerprint density at radius 1 is 1.33 bits per heavy atom. The Bertz CT molecular complexity index is 937. The molecule has 0 atom stereocenters. The Hall–Kier alpha value is -2.45. The van der Waals surface area contributed by atoms with Crippen molar-refractivity contribution in [2.45, 2.75) is 13.0 Å². The highest BCUT2D eigenvalue weighted by Crippen LogP contribution is 2.26. The van der Waals surface area contributed by atoms with Gasteiger partial charge in [0.05, 0.1) is 11.2 Å². The van der Waals surface area contributed by atoms with Crippen LogP contribution < -0.4 is 5.32 Å². The molecule has 0 spiro atoms. The van der Waals surface area contributed by atoms with Crippen LogP contribution in [0, 0.1) is 0 Å². The van der Waals surface area contributed by atoms with Crippen molar-refractivity contribution in [1.29, 1.82) is 0 Å². The van der Waals surface area contributed by atoms with Crippen molar-refractivity contribution < 1.29 is 4.79 Å². The highest BCUT2D eigenvalue weighted by atomic mass is 32.1. The number of amides is 1. The second kappa shape index (κ2) is 6.58. The summed E-state index contributed by atoms with van der Waals surface area (Å²) in [6.45, 7) is 1.47. The zero-order chi connectivity index (χ0) is 16.4. The Morgan fingerprint density at radius 3 is 3.08 bits per heavy atom. The van der Waals surface area contributed by atoms with Gasteiger partial charge in [-0.15, -0.1) is 22.7 Å². The molecule has 0 aromatic carbocycles. The predicted molar refractivity (Wildman–Crippen MR) is 95.6 cm³/mol. The molecule has 0 saturated carbocycles. The third-order valence-electron chi connectivity index (χ3n) is 3.65. The first-order valence-electron chi connectivity index (χ1n) is 7.56. The molecule has 0 saturated heterocycles. The van der Waals surface area contributed by atoms with E-state index in [1.807, 2.05) is 44.3 Å². The van der Waals surface area contributed by atoms with Crippen LogP contribution in [0.25, 0.3) is 15.5 Å². The lowest BCUT2D eigenvalue weighted by Crippen LogP contribution is -2.26. The Morgan fingerprint density at radius 2 is 2.29 bits per heavy atom. The number of carbonyl (C=O) groups is 1. The number of hydrogen-bond donors (Lipinski definition) is 1. The first kappa shape index (κ1) is 15.1. The van der Waals surface area contributed by atoms with Crippen molar-refractivity contribution in [3.63, 3.8) is 0 Å². The largest absolute Gasteiger partial charge is 0.351 e. The summed E-state index contributed by atoms with van der Waals surface area (Å²) in [6, 6.07) is 4.04. The van der Waals surface area contributed by atoms with E-state index in [0.717, 1.165) is 28.5 Å². The van der Waals surface area contributed by atoms with E-state index in [1.165, 1.54) is 11.3 Å². The predicted octanol–water partition coefficient (Wildman–Crippen LogP) is 3.14. The molecule has 0 fully saturated rings. The van der Waals surface area contributed by atoms with Gasteiger partial charge >= 0.3 is 0 Å². The highest BCUT2D eigenvalue weighted by molar-refractivity contribution is 7.15. The van der Waals surface area contributed by atoms with Crippen molar-refractivity contribution in [3.8, 4) is 10.6 Å². The number of aromatic nitrogens is 4. The van der Waals surface area contributed by atoms with Crippen molar-refractivity contribution in [3.05, 3.63) is 53.5 Å². The van der Waals surface area contributed by atoms with Gasteiger partial charge in [-0.3, -0.25) is 9.20 Å². The number of rotatable bonds is 6. The summed E-state index contributed by atoms with van der Waals surface area (Å²) in [5.41, 5.74) is 1.54. The lowest BCUT2D eigenvalue weighted by molar-refractivity contribution is 0.0947. The maximum atomic E-state index is 12.4. The molecule has 4 aromatic heterocycles. The van der Waals surface area contributed by atoms with Gasteiger partial charge < -0.3 is 9.88 Å². The van der Waals surface area contributed by atoms with Crippen molar-refractivity contribution in [2.24, 2.45) is 0 Å².